The van der Waals surface area contributed by atoms with E-state index < -0.39 is 12.1 Å². The first-order valence-corrected chi connectivity index (χ1v) is 9.19. The smallest absolute Gasteiger partial charge is 0.345 e. The second-order valence-electron chi connectivity index (χ2n) is 6.18. The van der Waals surface area contributed by atoms with E-state index in [-0.39, 0.29) is 0 Å². The Morgan fingerprint density at radius 2 is 1.72 bits per heavy atom. The lowest BCUT2D eigenvalue weighted by Crippen LogP contribution is -2.29. The Morgan fingerprint density at radius 1 is 1.04 bits per heavy atom. The van der Waals surface area contributed by atoms with E-state index in [4.69, 9.17) is 16.3 Å². The van der Waals surface area contributed by atoms with Crippen LogP contribution < -0.4 is 4.74 Å². The molecule has 1 N–H and O–H groups in total. The van der Waals surface area contributed by atoms with Crippen molar-refractivity contribution in [1.29, 1.82) is 0 Å². The van der Waals surface area contributed by atoms with Crippen LogP contribution in [0.1, 0.15) is 43.7 Å². The normalized spacial score (nSPS) is 11.9. The summed E-state index contributed by atoms with van der Waals surface area (Å²) >= 11 is 5.86. The van der Waals surface area contributed by atoms with E-state index >= 15 is 0 Å². The molecule has 0 fully saturated rings. The lowest BCUT2D eigenvalue weighted by molar-refractivity contribution is -0.145. The minimum Gasteiger partial charge on any atom is -0.478 e. The molecule has 0 amide bonds. The molecular formula is C21H25ClO3. The predicted octanol–water partition coefficient (Wildman–Crippen LogP) is 5.54. The zero-order valence-electron chi connectivity index (χ0n) is 14.6. The number of hydrogen-bond donors (Lipinski definition) is 1. The highest BCUT2D eigenvalue weighted by Gasteiger charge is 2.21. The molecule has 0 saturated heterocycles. The number of rotatable bonds is 10. The number of halogens is 1. The Bertz CT molecular complexity index is 667. The van der Waals surface area contributed by atoms with E-state index in [0.717, 1.165) is 18.4 Å². The monoisotopic (exact) mass is 360 g/mol. The van der Waals surface area contributed by atoms with Gasteiger partial charge in [0.05, 0.1) is 0 Å². The first kappa shape index (κ1) is 19.3. The summed E-state index contributed by atoms with van der Waals surface area (Å²) in [5, 5.41) is 10.1. The molecule has 0 aliphatic carbocycles. The van der Waals surface area contributed by atoms with Gasteiger partial charge in [0.1, 0.15) is 5.75 Å². The van der Waals surface area contributed by atoms with Crippen LogP contribution in [0.3, 0.4) is 0 Å². The summed E-state index contributed by atoms with van der Waals surface area (Å²) in [7, 11) is 0. The summed E-state index contributed by atoms with van der Waals surface area (Å²) in [4.78, 5) is 11.6. The Kier molecular flexibility index (Phi) is 7.80. The van der Waals surface area contributed by atoms with Gasteiger partial charge in [0.15, 0.2) is 6.10 Å². The maximum absolute atomic E-state index is 11.6. The van der Waals surface area contributed by atoms with Crippen molar-refractivity contribution in [2.24, 2.45) is 0 Å². The van der Waals surface area contributed by atoms with E-state index in [1.54, 1.807) is 24.3 Å². The number of unbranched alkanes of at least 4 members (excludes halogenated alkanes) is 3. The van der Waals surface area contributed by atoms with Crippen LogP contribution in [-0.2, 0) is 17.6 Å². The SMILES string of the molecule is CCCCCCc1ccccc1CC(Oc1ccc(Cl)cc1)C(=O)O. The van der Waals surface area contributed by atoms with Crippen LogP contribution in [0.2, 0.25) is 5.02 Å². The summed E-state index contributed by atoms with van der Waals surface area (Å²) in [5.41, 5.74) is 2.25. The van der Waals surface area contributed by atoms with Gasteiger partial charge in [-0.25, -0.2) is 4.79 Å². The maximum atomic E-state index is 11.6. The Morgan fingerprint density at radius 3 is 2.36 bits per heavy atom. The third-order valence-corrected chi connectivity index (χ3v) is 4.44. The van der Waals surface area contributed by atoms with Crippen LogP contribution in [0.4, 0.5) is 0 Å². The number of carboxylic acid groups (broad SMARTS) is 1. The highest BCUT2D eigenvalue weighted by Crippen LogP contribution is 2.20. The average Bonchev–Trinajstić information content (AvgIpc) is 2.61. The van der Waals surface area contributed by atoms with Crippen molar-refractivity contribution in [3.63, 3.8) is 0 Å². The highest BCUT2D eigenvalue weighted by molar-refractivity contribution is 6.30. The van der Waals surface area contributed by atoms with Gasteiger partial charge >= 0.3 is 5.97 Å². The molecule has 0 bridgehead atoms. The number of aryl methyl sites for hydroxylation is 1. The number of ether oxygens (including phenoxy) is 1. The lowest BCUT2D eigenvalue weighted by Gasteiger charge is -2.17. The fraction of sp³-hybridized carbons (Fsp3) is 0.381. The zero-order valence-corrected chi connectivity index (χ0v) is 15.3. The molecule has 134 valence electrons. The molecule has 1 atom stereocenters. The minimum atomic E-state index is -0.962. The predicted molar refractivity (Wildman–Crippen MR) is 101 cm³/mol. The van der Waals surface area contributed by atoms with Crippen LogP contribution in [-0.4, -0.2) is 17.2 Å². The first-order chi connectivity index (χ1) is 12.1. The van der Waals surface area contributed by atoms with Crippen molar-refractivity contribution < 1.29 is 14.6 Å². The number of carboxylic acids is 1. The standard InChI is InChI=1S/C21H25ClO3/c1-2-3-4-5-8-16-9-6-7-10-17(16)15-20(21(23)24)25-19-13-11-18(22)12-14-19/h6-7,9-14,20H,2-5,8,15H2,1H3,(H,23,24). The molecule has 2 rings (SSSR count). The number of benzene rings is 2. The van der Waals surface area contributed by atoms with Crippen molar-refractivity contribution in [3.8, 4) is 5.75 Å². The fourth-order valence-electron chi connectivity index (χ4n) is 2.80. The quantitative estimate of drug-likeness (QED) is 0.566. The second-order valence-corrected chi connectivity index (χ2v) is 6.62. The van der Waals surface area contributed by atoms with Crippen molar-refractivity contribution in [2.75, 3.05) is 0 Å². The summed E-state index contributed by atoms with van der Waals surface area (Å²) in [5.74, 6) is -0.451. The van der Waals surface area contributed by atoms with Gasteiger partial charge in [-0.2, -0.15) is 0 Å². The molecule has 0 saturated carbocycles. The van der Waals surface area contributed by atoms with Gasteiger partial charge in [0, 0.05) is 11.4 Å². The molecule has 0 aliphatic rings. The van der Waals surface area contributed by atoms with Gasteiger partial charge in [-0.3, -0.25) is 0 Å². The molecular weight excluding hydrogens is 336 g/mol. The number of aliphatic carboxylic acids is 1. The van der Waals surface area contributed by atoms with Crippen molar-refractivity contribution in [1.82, 2.24) is 0 Å². The van der Waals surface area contributed by atoms with Crippen LogP contribution in [0.15, 0.2) is 48.5 Å². The first-order valence-electron chi connectivity index (χ1n) is 8.82. The minimum absolute atomic E-state index is 0.349. The second kappa shape index (κ2) is 10.1. The fourth-order valence-corrected chi connectivity index (χ4v) is 2.93. The average molecular weight is 361 g/mol. The molecule has 25 heavy (non-hydrogen) atoms. The van der Waals surface area contributed by atoms with Gasteiger partial charge < -0.3 is 9.84 Å². The lowest BCUT2D eigenvalue weighted by atomic mass is 9.97. The molecule has 0 spiro atoms. The Hall–Kier alpha value is -2.00. The van der Waals surface area contributed by atoms with Gasteiger partial charge in [-0.15, -0.1) is 0 Å². The summed E-state index contributed by atoms with van der Waals surface area (Å²) < 4.78 is 5.67. The van der Waals surface area contributed by atoms with E-state index in [1.807, 2.05) is 18.2 Å². The molecule has 0 heterocycles. The van der Waals surface area contributed by atoms with E-state index in [2.05, 4.69) is 13.0 Å². The van der Waals surface area contributed by atoms with Gasteiger partial charge in [0.25, 0.3) is 0 Å². The van der Waals surface area contributed by atoms with Crippen LogP contribution in [0.5, 0.6) is 5.75 Å². The maximum Gasteiger partial charge on any atom is 0.345 e. The summed E-state index contributed by atoms with van der Waals surface area (Å²) in [6.07, 6.45) is 5.18. The molecule has 2 aromatic carbocycles. The highest BCUT2D eigenvalue weighted by atomic mass is 35.5. The van der Waals surface area contributed by atoms with Crippen LogP contribution in [0.25, 0.3) is 0 Å². The summed E-state index contributed by atoms with van der Waals surface area (Å²) in [6, 6.07) is 14.8. The van der Waals surface area contributed by atoms with E-state index in [9.17, 15) is 9.90 Å². The Balaban J connectivity index is 2.06. The molecule has 0 radical (unpaired) electrons. The van der Waals surface area contributed by atoms with E-state index in [0.29, 0.717) is 17.2 Å². The van der Waals surface area contributed by atoms with Crippen LogP contribution >= 0.6 is 11.6 Å². The van der Waals surface area contributed by atoms with Gasteiger partial charge in [-0.1, -0.05) is 62.1 Å². The third kappa shape index (κ3) is 6.43. The van der Waals surface area contributed by atoms with Gasteiger partial charge in [-0.05, 0) is 48.2 Å². The Labute approximate surface area is 154 Å². The molecule has 3 nitrogen and oxygen atoms in total. The molecule has 0 aliphatic heterocycles. The third-order valence-electron chi connectivity index (χ3n) is 4.19. The zero-order chi connectivity index (χ0) is 18.1. The van der Waals surface area contributed by atoms with E-state index in [1.165, 1.54) is 24.8 Å². The molecule has 0 aromatic heterocycles. The summed E-state index contributed by atoms with van der Waals surface area (Å²) in [6.45, 7) is 2.19. The topological polar surface area (TPSA) is 46.5 Å². The van der Waals surface area contributed by atoms with Crippen molar-refractivity contribution >= 4 is 17.6 Å². The van der Waals surface area contributed by atoms with Crippen LogP contribution in [0, 0.1) is 0 Å². The largest absolute Gasteiger partial charge is 0.478 e. The van der Waals surface area contributed by atoms with Crippen molar-refractivity contribution in [2.45, 2.75) is 51.6 Å². The van der Waals surface area contributed by atoms with Gasteiger partial charge in [0.2, 0.25) is 0 Å². The molecule has 1 unspecified atom stereocenters. The van der Waals surface area contributed by atoms with Crippen molar-refractivity contribution in [3.05, 3.63) is 64.7 Å². The number of hydrogen-bond acceptors (Lipinski definition) is 2. The molecule has 4 heteroatoms. The molecule has 2 aromatic rings. The number of carbonyl (C=O) groups is 1.